The van der Waals surface area contributed by atoms with Crippen molar-refractivity contribution in [1.29, 1.82) is 0 Å². The van der Waals surface area contributed by atoms with Crippen LogP contribution < -0.4 is 5.32 Å². The highest BCUT2D eigenvalue weighted by atomic mass is 32.1. The number of hydrogen-bond acceptors (Lipinski definition) is 4. The minimum absolute atomic E-state index is 0.597. The van der Waals surface area contributed by atoms with Gasteiger partial charge in [-0.1, -0.05) is 6.92 Å². The monoisotopic (exact) mass is 269 g/mol. The van der Waals surface area contributed by atoms with E-state index >= 15 is 0 Å². The van der Waals surface area contributed by atoms with E-state index in [1.165, 1.54) is 9.75 Å². The van der Waals surface area contributed by atoms with Gasteiger partial charge in [0, 0.05) is 35.4 Å². The highest BCUT2D eigenvalue weighted by Crippen LogP contribution is 2.19. The van der Waals surface area contributed by atoms with Gasteiger partial charge in [-0.25, -0.2) is 0 Å². The van der Waals surface area contributed by atoms with E-state index < -0.39 is 0 Å². The predicted molar refractivity (Wildman–Crippen MR) is 81.2 cm³/mol. The van der Waals surface area contributed by atoms with Crippen molar-refractivity contribution in [3.05, 3.63) is 21.9 Å². The summed E-state index contributed by atoms with van der Waals surface area (Å²) in [6.45, 7) is 8.82. The highest BCUT2D eigenvalue weighted by Gasteiger charge is 2.14. The van der Waals surface area contributed by atoms with Gasteiger partial charge in [-0.05, 0) is 46.7 Å². The molecule has 0 bridgehead atoms. The van der Waals surface area contributed by atoms with Gasteiger partial charge >= 0.3 is 0 Å². The molecule has 1 rings (SSSR count). The predicted octanol–water partition coefficient (Wildman–Crippen LogP) is 2.24. The first-order valence-corrected chi connectivity index (χ1v) is 7.49. The van der Waals surface area contributed by atoms with Crippen molar-refractivity contribution in [2.45, 2.75) is 33.0 Å². The maximum absolute atomic E-state index is 3.20. The summed E-state index contributed by atoms with van der Waals surface area (Å²) in [6, 6.07) is 5.10. The SMILES string of the molecule is CCN(Cc1ccc(CNC)s1)C(C)CN(C)C. The summed E-state index contributed by atoms with van der Waals surface area (Å²) in [5.41, 5.74) is 0. The maximum atomic E-state index is 3.20. The van der Waals surface area contributed by atoms with E-state index in [2.05, 4.69) is 55.2 Å². The molecule has 0 saturated heterocycles. The number of nitrogens with zero attached hydrogens (tertiary/aromatic N) is 2. The normalized spacial score (nSPS) is 13.5. The number of thiophene rings is 1. The van der Waals surface area contributed by atoms with Crippen LogP contribution in [0.5, 0.6) is 0 Å². The Bertz CT molecular complexity index is 336. The second-order valence-corrected chi connectivity index (χ2v) is 6.33. The van der Waals surface area contributed by atoms with Gasteiger partial charge in [0.15, 0.2) is 0 Å². The first kappa shape index (κ1) is 15.6. The van der Waals surface area contributed by atoms with Gasteiger partial charge in [0.1, 0.15) is 0 Å². The van der Waals surface area contributed by atoms with Crippen molar-refractivity contribution >= 4 is 11.3 Å². The largest absolute Gasteiger partial charge is 0.315 e. The summed E-state index contributed by atoms with van der Waals surface area (Å²) in [4.78, 5) is 7.68. The fourth-order valence-electron chi connectivity index (χ4n) is 2.20. The van der Waals surface area contributed by atoms with Crippen LogP contribution in [-0.2, 0) is 13.1 Å². The Morgan fingerprint density at radius 1 is 1.28 bits per heavy atom. The average Bonchev–Trinajstić information content (AvgIpc) is 2.73. The van der Waals surface area contributed by atoms with Crippen LogP contribution in [0, 0.1) is 0 Å². The first-order chi connectivity index (χ1) is 8.56. The van der Waals surface area contributed by atoms with Crippen molar-refractivity contribution in [2.24, 2.45) is 0 Å². The molecule has 0 aliphatic heterocycles. The van der Waals surface area contributed by atoms with Crippen LogP contribution in [0.1, 0.15) is 23.6 Å². The molecule has 104 valence electrons. The van der Waals surface area contributed by atoms with E-state index in [1.54, 1.807) is 0 Å². The highest BCUT2D eigenvalue weighted by molar-refractivity contribution is 7.11. The van der Waals surface area contributed by atoms with Crippen LogP contribution in [0.25, 0.3) is 0 Å². The zero-order valence-electron chi connectivity index (χ0n) is 12.4. The smallest absolute Gasteiger partial charge is 0.0331 e. The van der Waals surface area contributed by atoms with Crippen LogP contribution in [0.2, 0.25) is 0 Å². The van der Waals surface area contributed by atoms with E-state index in [1.807, 2.05) is 18.4 Å². The number of hydrogen-bond donors (Lipinski definition) is 1. The molecule has 0 amide bonds. The topological polar surface area (TPSA) is 18.5 Å². The van der Waals surface area contributed by atoms with Crippen molar-refractivity contribution in [3.63, 3.8) is 0 Å². The molecule has 1 atom stereocenters. The minimum Gasteiger partial charge on any atom is -0.315 e. The van der Waals surface area contributed by atoms with E-state index in [0.717, 1.165) is 26.2 Å². The summed E-state index contributed by atoms with van der Waals surface area (Å²) in [7, 11) is 6.28. The Balaban J connectivity index is 2.55. The third-order valence-corrected chi connectivity index (χ3v) is 4.16. The molecule has 3 nitrogen and oxygen atoms in total. The summed E-state index contributed by atoms with van der Waals surface area (Å²) >= 11 is 1.92. The van der Waals surface area contributed by atoms with Gasteiger partial charge in [0.25, 0.3) is 0 Å². The third-order valence-electron chi connectivity index (χ3n) is 3.09. The van der Waals surface area contributed by atoms with Crippen molar-refractivity contribution in [2.75, 3.05) is 34.2 Å². The molecule has 0 aromatic carbocycles. The van der Waals surface area contributed by atoms with Crippen LogP contribution >= 0.6 is 11.3 Å². The maximum Gasteiger partial charge on any atom is 0.0331 e. The van der Waals surface area contributed by atoms with Gasteiger partial charge < -0.3 is 10.2 Å². The molecular weight excluding hydrogens is 242 g/mol. The quantitative estimate of drug-likeness (QED) is 0.781. The summed E-state index contributed by atoms with van der Waals surface area (Å²) in [5, 5.41) is 3.20. The number of nitrogens with one attached hydrogen (secondary N) is 1. The van der Waals surface area contributed by atoms with Gasteiger partial charge in [0.2, 0.25) is 0 Å². The molecular formula is C14H27N3S. The molecule has 18 heavy (non-hydrogen) atoms. The zero-order valence-corrected chi connectivity index (χ0v) is 13.2. The molecule has 1 unspecified atom stereocenters. The lowest BCUT2D eigenvalue weighted by atomic mass is 10.2. The van der Waals surface area contributed by atoms with E-state index in [0.29, 0.717) is 6.04 Å². The molecule has 1 aromatic rings. The van der Waals surface area contributed by atoms with E-state index in [4.69, 9.17) is 0 Å². The van der Waals surface area contributed by atoms with Gasteiger partial charge in [-0.15, -0.1) is 11.3 Å². The second kappa shape index (κ2) is 7.89. The third kappa shape index (κ3) is 5.06. The zero-order chi connectivity index (χ0) is 13.5. The van der Waals surface area contributed by atoms with Crippen molar-refractivity contribution in [1.82, 2.24) is 15.1 Å². The van der Waals surface area contributed by atoms with E-state index in [-0.39, 0.29) is 0 Å². The van der Waals surface area contributed by atoms with E-state index in [9.17, 15) is 0 Å². The Labute approximate surface area is 116 Å². The van der Waals surface area contributed by atoms with Crippen LogP contribution in [0.3, 0.4) is 0 Å². The molecule has 1 heterocycles. The van der Waals surface area contributed by atoms with Gasteiger partial charge in [-0.3, -0.25) is 4.90 Å². The lowest BCUT2D eigenvalue weighted by molar-refractivity contribution is 0.175. The van der Waals surface area contributed by atoms with Crippen molar-refractivity contribution < 1.29 is 0 Å². The summed E-state index contributed by atoms with van der Waals surface area (Å²) in [5.74, 6) is 0. The molecule has 0 saturated carbocycles. The molecule has 1 aromatic heterocycles. The first-order valence-electron chi connectivity index (χ1n) is 6.67. The molecule has 0 spiro atoms. The van der Waals surface area contributed by atoms with Crippen LogP contribution in [0.15, 0.2) is 12.1 Å². The molecule has 0 radical (unpaired) electrons. The minimum atomic E-state index is 0.597. The average molecular weight is 269 g/mol. The molecule has 4 heteroatoms. The Morgan fingerprint density at radius 3 is 2.50 bits per heavy atom. The fraction of sp³-hybridized carbons (Fsp3) is 0.714. The Hall–Kier alpha value is -0.420. The molecule has 0 aliphatic carbocycles. The number of likely N-dealkylation sites (N-methyl/N-ethyl adjacent to an activating group) is 2. The number of rotatable bonds is 8. The van der Waals surface area contributed by atoms with Crippen molar-refractivity contribution in [3.8, 4) is 0 Å². The summed E-state index contributed by atoms with van der Waals surface area (Å²) < 4.78 is 0. The van der Waals surface area contributed by atoms with Crippen LogP contribution in [0.4, 0.5) is 0 Å². The fourth-order valence-corrected chi connectivity index (χ4v) is 3.26. The Kier molecular flexibility index (Phi) is 6.86. The van der Waals surface area contributed by atoms with Crippen LogP contribution in [-0.4, -0.2) is 50.1 Å². The Morgan fingerprint density at radius 2 is 1.94 bits per heavy atom. The van der Waals surface area contributed by atoms with Gasteiger partial charge in [0.05, 0.1) is 0 Å². The molecule has 0 fully saturated rings. The lowest BCUT2D eigenvalue weighted by Crippen LogP contribution is -2.39. The molecule has 0 aliphatic rings. The van der Waals surface area contributed by atoms with Gasteiger partial charge in [-0.2, -0.15) is 0 Å². The second-order valence-electron chi connectivity index (χ2n) is 5.07. The molecule has 1 N–H and O–H groups in total. The lowest BCUT2D eigenvalue weighted by Gasteiger charge is -2.29. The standard InChI is InChI=1S/C14H27N3S/c1-6-17(12(2)10-16(4)5)11-14-8-7-13(18-14)9-15-3/h7-8,12,15H,6,9-11H2,1-5H3. The summed E-state index contributed by atoms with van der Waals surface area (Å²) in [6.07, 6.45) is 0.